The summed E-state index contributed by atoms with van der Waals surface area (Å²) in [4.78, 5) is 5.34. The maximum Gasteiger partial charge on any atom is 0.131 e. The molecule has 0 atom stereocenters. The first-order valence-corrected chi connectivity index (χ1v) is 6.73. The number of anilines is 1. The first-order valence-electron chi connectivity index (χ1n) is 5.47. The number of pyridine rings is 1. The number of hydrogen-bond donors (Lipinski definition) is 1. The van der Waals surface area contributed by atoms with Crippen LogP contribution in [-0.4, -0.2) is 11.5 Å². The number of thiophene rings is 1. The van der Waals surface area contributed by atoms with Crippen molar-refractivity contribution < 1.29 is 0 Å². The van der Waals surface area contributed by atoms with E-state index >= 15 is 0 Å². The Bertz CT molecular complexity index is 480. The Morgan fingerprint density at radius 1 is 1.41 bits per heavy atom. The first kappa shape index (κ1) is 12.4. The van der Waals surface area contributed by atoms with Crippen LogP contribution in [0.2, 0.25) is 5.15 Å². The molecule has 0 saturated carbocycles. The molecule has 2 aromatic rings. The summed E-state index contributed by atoms with van der Waals surface area (Å²) in [5, 5.41) is 6.03. The van der Waals surface area contributed by atoms with E-state index in [0.717, 1.165) is 12.2 Å². The van der Waals surface area contributed by atoms with Gasteiger partial charge >= 0.3 is 0 Å². The molecular formula is C13H15ClN2S. The number of nitrogens with one attached hydrogen (secondary N) is 1. The predicted octanol–water partition coefficient (Wildman–Crippen LogP) is 4.19. The van der Waals surface area contributed by atoms with Crippen molar-refractivity contribution in [3.8, 4) is 0 Å². The van der Waals surface area contributed by atoms with E-state index in [0.29, 0.717) is 5.15 Å². The lowest BCUT2D eigenvalue weighted by Crippen LogP contribution is -2.26. The molecule has 90 valence electrons. The van der Waals surface area contributed by atoms with Gasteiger partial charge in [-0.1, -0.05) is 31.5 Å². The van der Waals surface area contributed by atoms with Gasteiger partial charge in [-0.05, 0) is 23.6 Å². The lowest BCUT2D eigenvalue weighted by atomic mass is 9.91. The molecule has 0 radical (unpaired) electrons. The Labute approximate surface area is 111 Å². The minimum Gasteiger partial charge on any atom is -0.384 e. The fraction of sp³-hybridized carbons (Fsp3) is 0.308. The monoisotopic (exact) mass is 266 g/mol. The normalized spacial score (nSPS) is 11.5. The van der Waals surface area contributed by atoms with E-state index in [9.17, 15) is 0 Å². The Hall–Kier alpha value is -1.06. The highest BCUT2D eigenvalue weighted by Gasteiger charge is 2.21. The average molecular weight is 267 g/mol. The van der Waals surface area contributed by atoms with Crippen LogP contribution in [0.1, 0.15) is 18.7 Å². The van der Waals surface area contributed by atoms with Crippen molar-refractivity contribution in [3.63, 3.8) is 0 Å². The van der Waals surface area contributed by atoms with Gasteiger partial charge in [0.15, 0.2) is 0 Å². The van der Waals surface area contributed by atoms with Gasteiger partial charge in [0.2, 0.25) is 0 Å². The van der Waals surface area contributed by atoms with Gasteiger partial charge < -0.3 is 5.32 Å². The number of rotatable bonds is 4. The summed E-state index contributed by atoms with van der Waals surface area (Å²) < 4.78 is 0. The molecule has 0 saturated heterocycles. The second-order valence-electron chi connectivity index (χ2n) is 4.58. The highest BCUT2D eigenvalue weighted by molar-refractivity contribution is 7.10. The molecule has 0 unspecified atom stereocenters. The molecule has 0 aromatic carbocycles. The van der Waals surface area contributed by atoms with E-state index in [1.807, 2.05) is 12.1 Å². The van der Waals surface area contributed by atoms with Crippen molar-refractivity contribution in [1.29, 1.82) is 0 Å². The molecule has 0 aliphatic heterocycles. The van der Waals surface area contributed by atoms with Crippen LogP contribution in [0.25, 0.3) is 0 Å². The van der Waals surface area contributed by atoms with Crippen molar-refractivity contribution in [2.24, 2.45) is 0 Å². The summed E-state index contributed by atoms with van der Waals surface area (Å²) in [6.07, 6.45) is 1.71. The Kier molecular flexibility index (Phi) is 3.69. The zero-order valence-corrected chi connectivity index (χ0v) is 11.5. The molecule has 0 spiro atoms. The highest BCUT2D eigenvalue weighted by atomic mass is 35.5. The van der Waals surface area contributed by atoms with Crippen LogP contribution >= 0.6 is 22.9 Å². The fourth-order valence-corrected chi connectivity index (χ4v) is 2.61. The molecule has 2 aromatic heterocycles. The maximum absolute atomic E-state index is 5.85. The van der Waals surface area contributed by atoms with Crippen LogP contribution in [0.15, 0.2) is 35.8 Å². The zero-order chi connectivity index (χ0) is 12.3. The Balaban J connectivity index is 2.03. The summed E-state index contributed by atoms with van der Waals surface area (Å²) in [5.74, 6) is 0. The van der Waals surface area contributed by atoms with Crippen LogP contribution in [0.5, 0.6) is 0 Å². The molecule has 0 fully saturated rings. The van der Waals surface area contributed by atoms with Gasteiger partial charge in [0.25, 0.3) is 0 Å². The van der Waals surface area contributed by atoms with E-state index in [1.165, 1.54) is 4.88 Å². The number of aromatic nitrogens is 1. The summed E-state index contributed by atoms with van der Waals surface area (Å²) in [5.41, 5.74) is 1.12. The van der Waals surface area contributed by atoms with E-state index in [4.69, 9.17) is 11.6 Å². The van der Waals surface area contributed by atoms with Gasteiger partial charge in [-0.15, -0.1) is 11.3 Å². The largest absolute Gasteiger partial charge is 0.384 e. The quantitative estimate of drug-likeness (QED) is 0.840. The molecular weight excluding hydrogens is 252 g/mol. The standard InChI is InChI=1S/C13H15ClN2S/c1-13(2,11-4-3-7-17-11)9-16-10-5-6-15-12(14)8-10/h3-8H,9H2,1-2H3,(H,15,16). The second-order valence-corrected chi connectivity index (χ2v) is 5.92. The Morgan fingerprint density at radius 2 is 2.24 bits per heavy atom. The van der Waals surface area contributed by atoms with Crippen molar-refractivity contribution in [1.82, 2.24) is 4.98 Å². The number of nitrogens with zero attached hydrogens (tertiary/aromatic N) is 1. The number of hydrogen-bond acceptors (Lipinski definition) is 3. The van der Waals surface area contributed by atoms with Crippen LogP contribution < -0.4 is 5.32 Å². The van der Waals surface area contributed by atoms with Crippen LogP contribution in [0, 0.1) is 0 Å². The fourth-order valence-electron chi connectivity index (χ4n) is 1.59. The topological polar surface area (TPSA) is 24.9 Å². The average Bonchev–Trinajstić information content (AvgIpc) is 2.81. The third-order valence-electron chi connectivity index (χ3n) is 2.65. The molecule has 0 bridgehead atoms. The molecule has 1 N–H and O–H groups in total. The summed E-state index contributed by atoms with van der Waals surface area (Å²) in [6, 6.07) is 8.03. The molecule has 2 rings (SSSR count). The van der Waals surface area contributed by atoms with E-state index in [2.05, 4.69) is 41.7 Å². The smallest absolute Gasteiger partial charge is 0.131 e. The molecule has 0 aliphatic carbocycles. The van der Waals surface area contributed by atoms with Gasteiger partial charge in [0.05, 0.1) is 0 Å². The van der Waals surface area contributed by atoms with E-state index in [-0.39, 0.29) is 5.41 Å². The number of halogens is 1. The van der Waals surface area contributed by atoms with Crippen LogP contribution in [0.4, 0.5) is 5.69 Å². The lowest BCUT2D eigenvalue weighted by molar-refractivity contribution is 0.569. The SMILES string of the molecule is CC(C)(CNc1ccnc(Cl)c1)c1cccs1. The van der Waals surface area contributed by atoms with Gasteiger partial charge in [-0.25, -0.2) is 4.98 Å². The molecule has 2 nitrogen and oxygen atoms in total. The Morgan fingerprint density at radius 3 is 2.88 bits per heavy atom. The molecule has 2 heterocycles. The third kappa shape index (κ3) is 3.20. The van der Waals surface area contributed by atoms with Crippen LogP contribution in [0.3, 0.4) is 0 Å². The minimum absolute atomic E-state index is 0.115. The van der Waals surface area contributed by atoms with Crippen molar-refractivity contribution in [2.75, 3.05) is 11.9 Å². The van der Waals surface area contributed by atoms with E-state index in [1.54, 1.807) is 17.5 Å². The zero-order valence-electron chi connectivity index (χ0n) is 9.90. The highest BCUT2D eigenvalue weighted by Crippen LogP contribution is 2.27. The lowest BCUT2D eigenvalue weighted by Gasteiger charge is -2.24. The summed E-state index contributed by atoms with van der Waals surface area (Å²) in [6.45, 7) is 5.33. The summed E-state index contributed by atoms with van der Waals surface area (Å²) >= 11 is 7.64. The van der Waals surface area contributed by atoms with Gasteiger partial charge in [-0.2, -0.15) is 0 Å². The third-order valence-corrected chi connectivity index (χ3v) is 4.09. The molecule has 4 heteroatoms. The van der Waals surface area contributed by atoms with Gasteiger partial charge in [0, 0.05) is 28.7 Å². The van der Waals surface area contributed by atoms with Crippen molar-refractivity contribution in [3.05, 3.63) is 45.9 Å². The maximum atomic E-state index is 5.85. The molecule has 17 heavy (non-hydrogen) atoms. The minimum atomic E-state index is 0.115. The van der Waals surface area contributed by atoms with Crippen LogP contribution in [-0.2, 0) is 5.41 Å². The van der Waals surface area contributed by atoms with E-state index < -0.39 is 0 Å². The van der Waals surface area contributed by atoms with Gasteiger partial charge in [-0.3, -0.25) is 0 Å². The van der Waals surface area contributed by atoms with Gasteiger partial charge in [0.1, 0.15) is 5.15 Å². The first-order chi connectivity index (χ1) is 8.08. The molecule has 0 aliphatic rings. The second kappa shape index (κ2) is 5.07. The van der Waals surface area contributed by atoms with Crippen molar-refractivity contribution >= 4 is 28.6 Å². The summed E-state index contributed by atoms with van der Waals surface area (Å²) in [7, 11) is 0. The predicted molar refractivity (Wildman–Crippen MR) is 75.1 cm³/mol. The van der Waals surface area contributed by atoms with Crippen molar-refractivity contribution in [2.45, 2.75) is 19.3 Å². The molecule has 0 amide bonds.